The maximum Gasteiger partial charge on any atom is 0.118 e. The summed E-state index contributed by atoms with van der Waals surface area (Å²) in [5.41, 5.74) is 5.61. The molecule has 2 aromatic carbocycles. The molecule has 106 valence electrons. The second-order valence-corrected chi connectivity index (χ2v) is 5.14. The van der Waals surface area contributed by atoms with Gasteiger partial charge in [0, 0.05) is 11.8 Å². The van der Waals surface area contributed by atoms with Crippen molar-refractivity contribution < 1.29 is 4.74 Å². The van der Waals surface area contributed by atoms with Crippen molar-refractivity contribution in [3.05, 3.63) is 66.0 Å². The van der Waals surface area contributed by atoms with E-state index in [2.05, 4.69) is 54.6 Å². The maximum absolute atomic E-state index is 5.20. The summed E-state index contributed by atoms with van der Waals surface area (Å²) in [6, 6.07) is 16.4. The number of benzene rings is 2. The van der Waals surface area contributed by atoms with E-state index in [1.54, 1.807) is 7.11 Å². The third-order valence-corrected chi connectivity index (χ3v) is 3.57. The normalized spacial score (nSPS) is 10.6. The molecule has 3 rings (SSSR count). The minimum absolute atomic E-state index is 0.863. The number of hydrogen-bond donors (Lipinski definition) is 0. The minimum atomic E-state index is 0.863. The fourth-order valence-electron chi connectivity index (χ4n) is 2.42. The van der Waals surface area contributed by atoms with E-state index in [9.17, 15) is 0 Å². The molecule has 0 bridgehead atoms. The summed E-state index contributed by atoms with van der Waals surface area (Å²) in [5, 5.41) is 4.63. The van der Waals surface area contributed by atoms with Crippen molar-refractivity contribution in [3.8, 4) is 22.6 Å². The van der Waals surface area contributed by atoms with Gasteiger partial charge in [0.2, 0.25) is 0 Å². The Labute approximate surface area is 124 Å². The lowest BCUT2D eigenvalue weighted by Crippen LogP contribution is -1.94. The Morgan fingerprint density at radius 1 is 1.00 bits per heavy atom. The predicted molar refractivity (Wildman–Crippen MR) is 85.0 cm³/mol. The first-order valence-corrected chi connectivity index (χ1v) is 6.95. The molecule has 0 saturated carbocycles. The van der Waals surface area contributed by atoms with Crippen LogP contribution in [0.5, 0.6) is 5.75 Å². The topological polar surface area (TPSA) is 27.1 Å². The average Bonchev–Trinajstić information content (AvgIpc) is 2.89. The van der Waals surface area contributed by atoms with Gasteiger partial charge in [0.15, 0.2) is 0 Å². The number of aromatic nitrogens is 2. The maximum atomic E-state index is 5.20. The zero-order valence-electron chi connectivity index (χ0n) is 12.5. The van der Waals surface area contributed by atoms with Crippen LogP contribution in [0.3, 0.4) is 0 Å². The molecule has 0 atom stereocenters. The summed E-state index contributed by atoms with van der Waals surface area (Å²) in [6.45, 7) is 4.12. The molecule has 0 radical (unpaired) electrons. The fourth-order valence-corrected chi connectivity index (χ4v) is 2.42. The van der Waals surface area contributed by atoms with Gasteiger partial charge < -0.3 is 4.74 Å². The molecule has 0 N–H and O–H groups in total. The van der Waals surface area contributed by atoms with Crippen LogP contribution < -0.4 is 4.74 Å². The molecule has 21 heavy (non-hydrogen) atoms. The lowest BCUT2D eigenvalue weighted by atomic mass is 10.1. The molecule has 0 aliphatic heterocycles. The monoisotopic (exact) mass is 278 g/mol. The Balaban J connectivity index is 2.01. The molecule has 1 aromatic heterocycles. The number of nitrogens with zero attached hydrogens (tertiary/aromatic N) is 2. The van der Waals surface area contributed by atoms with Crippen molar-refractivity contribution in [1.82, 2.24) is 9.78 Å². The van der Waals surface area contributed by atoms with Crippen LogP contribution in [0.15, 0.2) is 54.7 Å². The van der Waals surface area contributed by atoms with Gasteiger partial charge in [0.1, 0.15) is 5.75 Å². The Hall–Kier alpha value is -2.55. The molecule has 0 amide bonds. The van der Waals surface area contributed by atoms with Gasteiger partial charge in [0.25, 0.3) is 0 Å². The quantitative estimate of drug-likeness (QED) is 0.719. The Morgan fingerprint density at radius 2 is 1.76 bits per heavy atom. The molecule has 3 heteroatoms. The lowest BCUT2D eigenvalue weighted by Gasteiger charge is -2.02. The van der Waals surface area contributed by atoms with Crippen molar-refractivity contribution in [3.63, 3.8) is 0 Å². The molecule has 0 fully saturated rings. The number of methoxy groups -OCH3 is 1. The van der Waals surface area contributed by atoms with Gasteiger partial charge in [-0.25, -0.2) is 4.68 Å². The van der Waals surface area contributed by atoms with E-state index in [0.717, 1.165) is 28.3 Å². The summed E-state index contributed by atoms with van der Waals surface area (Å²) in [5.74, 6) is 0.863. The highest BCUT2D eigenvalue weighted by Gasteiger charge is 2.08. The van der Waals surface area contributed by atoms with E-state index in [-0.39, 0.29) is 0 Å². The second kappa shape index (κ2) is 5.44. The molecule has 0 spiro atoms. The van der Waals surface area contributed by atoms with Crippen LogP contribution in [0.4, 0.5) is 0 Å². The van der Waals surface area contributed by atoms with Crippen LogP contribution in [-0.2, 0) is 0 Å². The fraction of sp³-hybridized carbons (Fsp3) is 0.167. The minimum Gasteiger partial charge on any atom is -0.497 e. The predicted octanol–water partition coefficient (Wildman–Crippen LogP) is 4.16. The molecule has 3 aromatic rings. The standard InChI is InChI=1S/C18H18N2O/c1-13-5-4-6-16(11-13)20-12-18(14(2)19-20)15-7-9-17(21-3)10-8-15/h4-12H,1-3H3. The molecule has 1 heterocycles. The van der Waals surface area contributed by atoms with E-state index in [1.165, 1.54) is 5.56 Å². The smallest absolute Gasteiger partial charge is 0.118 e. The largest absolute Gasteiger partial charge is 0.497 e. The van der Waals surface area contributed by atoms with Gasteiger partial charge in [-0.15, -0.1) is 0 Å². The second-order valence-electron chi connectivity index (χ2n) is 5.14. The van der Waals surface area contributed by atoms with Gasteiger partial charge in [-0.3, -0.25) is 0 Å². The van der Waals surface area contributed by atoms with Gasteiger partial charge >= 0.3 is 0 Å². The van der Waals surface area contributed by atoms with E-state index < -0.39 is 0 Å². The molecule has 0 unspecified atom stereocenters. The Kier molecular flexibility index (Phi) is 3.48. The molecular weight excluding hydrogens is 260 g/mol. The molecule has 0 saturated heterocycles. The van der Waals surface area contributed by atoms with E-state index >= 15 is 0 Å². The van der Waals surface area contributed by atoms with E-state index in [1.807, 2.05) is 23.7 Å². The van der Waals surface area contributed by atoms with Crippen LogP contribution in [0.2, 0.25) is 0 Å². The molecular formula is C18H18N2O. The van der Waals surface area contributed by atoms with Gasteiger partial charge in [-0.2, -0.15) is 5.10 Å². The molecule has 0 aliphatic rings. The van der Waals surface area contributed by atoms with Crippen LogP contribution in [0.25, 0.3) is 16.8 Å². The third-order valence-electron chi connectivity index (χ3n) is 3.57. The van der Waals surface area contributed by atoms with Crippen molar-refractivity contribution in [2.75, 3.05) is 7.11 Å². The Morgan fingerprint density at radius 3 is 2.43 bits per heavy atom. The SMILES string of the molecule is COc1ccc(-c2cn(-c3cccc(C)c3)nc2C)cc1. The molecule has 3 nitrogen and oxygen atoms in total. The first kappa shape index (κ1) is 13.4. The summed E-state index contributed by atoms with van der Waals surface area (Å²) in [6.07, 6.45) is 2.08. The summed E-state index contributed by atoms with van der Waals surface area (Å²) in [7, 11) is 1.68. The van der Waals surface area contributed by atoms with Gasteiger partial charge in [-0.1, -0.05) is 24.3 Å². The van der Waals surface area contributed by atoms with Gasteiger partial charge in [-0.05, 0) is 49.2 Å². The lowest BCUT2D eigenvalue weighted by molar-refractivity contribution is 0.415. The summed E-state index contributed by atoms with van der Waals surface area (Å²) < 4.78 is 7.13. The van der Waals surface area contributed by atoms with Crippen molar-refractivity contribution in [1.29, 1.82) is 0 Å². The average molecular weight is 278 g/mol. The van der Waals surface area contributed by atoms with Crippen LogP contribution >= 0.6 is 0 Å². The summed E-state index contributed by atoms with van der Waals surface area (Å²) >= 11 is 0. The van der Waals surface area contributed by atoms with E-state index in [4.69, 9.17) is 4.74 Å². The van der Waals surface area contributed by atoms with Crippen molar-refractivity contribution >= 4 is 0 Å². The van der Waals surface area contributed by atoms with Crippen molar-refractivity contribution in [2.24, 2.45) is 0 Å². The zero-order chi connectivity index (χ0) is 14.8. The Bertz CT molecular complexity index is 757. The highest BCUT2D eigenvalue weighted by Crippen LogP contribution is 2.26. The number of rotatable bonds is 3. The van der Waals surface area contributed by atoms with Crippen LogP contribution in [-0.4, -0.2) is 16.9 Å². The number of ether oxygens (including phenoxy) is 1. The third kappa shape index (κ3) is 2.68. The van der Waals surface area contributed by atoms with E-state index in [0.29, 0.717) is 0 Å². The summed E-state index contributed by atoms with van der Waals surface area (Å²) in [4.78, 5) is 0. The highest BCUT2D eigenvalue weighted by atomic mass is 16.5. The zero-order valence-corrected chi connectivity index (χ0v) is 12.5. The highest BCUT2D eigenvalue weighted by molar-refractivity contribution is 5.66. The van der Waals surface area contributed by atoms with Crippen LogP contribution in [0, 0.1) is 13.8 Å². The molecule has 0 aliphatic carbocycles. The first-order valence-electron chi connectivity index (χ1n) is 6.95. The van der Waals surface area contributed by atoms with Crippen molar-refractivity contribution in [2.45, 2.75) is 13.8 Å². The van der Waals surface area contributed by atoms with Crippen LogP contribution in [0.1, 0.15) is 11.3 Å². The van der Waals surface area contributed by atoms with Gasteiger partial charge in [0.05, 0.1) is 18.5 Å². The number of hydrogen-bond acceptors (Lipinski definition) is 2. The number of aryl methyl sites for hydroxylation is 2. The first-order chi connectivity index (χ1) is 10.2.